The van der Waals surface area contributed by atoms with Gasteiger partial charge in [-0.2, -0.15) is 0 Å². The Balaban J connectivity index is 2.08. The Morgan fingerprint density at radius 1 is 1.15 bits per heavy atom. The molecule has 0 bridgehead atoms. The molecule has 2 aromatic carbocycles. The molecule has 0 radical (unpaired) electrons. The van der Waals surface area contributed by atoms with E-state index in [4.69, 9.17) is 33.7 Å². The second-order valence-corrected chi connectivity index (χ2v) is 4.87. The minimum Gasteiger partial charge on any atom is -0.457 e. The molecule has 0 aliphatic heterocycles. The molecule has 0 amide bonds. The largest absolute Gasteiger partial charge is 0.457 e. The van der Waals surface area contributed by atoms with Crippen LogP contribution in [0.1, 0.15) is 15.9 Å². The highest BCUT2D eigenvalue weighted by molar-refractivity contribution is 6.42. The molecule has 0 saturated heterocycles. The first kappa shape index (κ1) is 14.6. The molecule has 0 saturated carbocycles. The van der Waals surface area contributed by atoms with Gasteiger partial charge in [0.05, 0.1) is 15.6 Å². The van der Waals surface area contributed by atoms with Crippen molar-refractivity contribution in [3.8, 4) is 0 Å². The third-order valence-corrected chi connectivity index (χ3v) is 3.33. The summed E-state index contributed by atoms with van der Waals surface area (Å²) in [6, 6.07) is 8.38. The molecule has 2 rings (SSSR count). The third-order valence-electron chi connectivity index (χ3n) is 2.59. The molecule has 3 nitrogen and oxygen atoms in total. The lowest BCUT2D eigenvalue weighted by Crippen LogP contribution is -2.08. The minimum atomic E-state index is -0.701. The Bertz CT molecular complexity index is 662. The van der Waals surface area contributed by atoms with Gasteiger partial charge in [-0.05, 0) is 35.9 Å². The van der Waals surface area contributed by atoms with E-state index in [0.29, 0.717) is 15.6 Å². The molecule has 6 heteroatoms. The molecule has 2 N–H and O–H groups in total. The Hall–Kier alpha value is -1.78. The Kier molecular flexibility index (Phi) is 4.47. The maximum atomic E-state index is 13.1. The molecule has 0 fully saturated rings. The quantitative estimate of drug-likeness (QED) is 0.686. The maximum Gasteiger partial charge on any atom is 0.340 e. The number of anilines is 1. The van der Waals surface area contributed by atoms with Gasteiger partial charge < -0.3 is 10.5 Å². The van der Waals surface area contributed by atoms with Crippen LogP contribution in [0.5, 0.6) is 0 Å². The second kappa shape index (κ2) is 6.11. The van der Waals surface area contributed by atoms with E-state index in [0.717, 1.165) is 6.07 Å². The van der Waals surface area contributed by atoms with E-state index in [-0.39, 0.29) is 17.9 Å². The van der Waals surface area contributed by atoms with Gasteiger partial charge in [-0.3, -0.25) is 0 Å². The minimum absolute atomic E-state index is 0.00826. The Labute approximate surface area is 125 Å². The van der Waals surface area contributed by atoms with Gasteiger partial charge in [-0.1, -0.05) is 29.3 Å². The van der Waals surface area contributed by atoms with Crippen LogP contribution in [-0.2, 0) is 11.3 Å². The van der Waals surface area contributed by atoms with E-state index < -0.39 is 11.8 Å². The molecule has 104 valence electrons. The van der Waals surface area contributed by atoms with Gasteiger partial charge in [-0.25, -0.2) is 9.18 Å². The topological polar surface area (TPSA) is 52.3 Å². The summed E-state index contributed by atoms with van der Waals surface area (Å²) < 4.78 is 18.1. The van der Waals surface area contributed by atoms with Crippen LogP contribution >= 0.6 is 23.2 Å². The van der Waals surface area contributed by atoms with Crippen LogP contribution in [0.4, 0.5) is 10.1 Å². The zero-order chi connectivity index (χ0) is 14.7. The van der Waals surface area contributed by atoms with Gasteiger partial charge in [0.2, 0.25) is 0 Å². The third kappa shape index (κ3) is 3.40. The van der Waals surface area contributed by atoms with Crippen molar-refractivity contribution in [1.29, 1.82) is 0 Å². The first-order valence-electron chi connectivity index (χ1n) is 5.63. The number of esters is 1. The summed E-state index contributed by atoms with van der Waals surface area (Å²) in [4.78, 5) is 11.8. The molecular formula is C14H10Cl2FNO2. The van der Waals surface area contributed by atoms with Crippen molar-refractivity contribution < 1.29 is 13.9 Å². The van der Waals surface area contributed by atoms with Gasteiger partial charge in [0.25, 0.3) is 0 Å². The maximum absolute atomic E-state index is 13.1. The van der Waals surface area contributed by atoms with Gasteiger partial charge in [0, 0.05) is 5.69 Å². The van der Waals surface area contributed by atoms with Crippen molar-refractivity contribution >= 4 is 34.9 Å². The molecule has 0 heterocycles. The molecule has 0 aromatic heterocycles. The fraction of sp³-hybridized carbons (Fsp3) is 0.0714. The number of ether oxygens (including phenoxy) is 1. The Morgan fingerprint density at radius 3 is 2.60 bits per heavy atom. The fourth-order valence-corrected chi connectivity index (χ4v) is 1.88. The summed E-state index contributed by atoms with van der Waals surface area (Å²) in [5, 5.41) is 0.779. The van der Waals surface area contributed by atoms with E-state index in [1.54, 1.807) is 18.2 Å². The summed E-state index contributed by atoms with van der Waals surface area (Å²) in [7, 11) is 0. The Morgan fingerprint density at radius 2 is 1.90 bits per heavy atom. The smallest absolute Gasteiger partial charge is 0.340 e. The number of hydrogen-bond acceptors (Lipinski definition) is 3. The predicted octanol–water partition coefficient (Wildman–Crippen LogP) is 4.07. The van der Waals surface area contributed by atoms with E-state index in [9.17, 15) is 9.18 Å². The number of carbonyl (C=O) groups excluding carboxylic acids is 1. The number of rotatable bonds is 3. The summed E-state index contributed by atoms with van der Waals surface area (Å²) in [5.74, 6) is -1.26. The van der Waals surface area contributed by atoms with Crippen LogP contribution < -0.4 is 5.73 Å². The first-order valence-corrected chi connectivity index (χ1v) is 6.39. The van der Waals surface area contributed by atoms with Crippen molar-refractivity contribution in [2.75, 3.05) is 5.73 Å². The zero-order valence-electron chi connectivity index (χ0n) is 10.2. The van der Waals surface area contributed by atoms with Gasteiger partial charge in [0.1, 0.15) is 12.4 Å². The number of halogens is 3. The van der Waals surface area contributed by atoms with Crippen LogP contribution in [0.2, 0.25) is 10.0 Å². The number of nitrogen functional groups attached to an aromatic ring is 1. The molecule has 2 aromatic rings. The lowest BCUT2D eigenvalue weighted by molar-refractivity contribution is 0.0473. The number of carbonyl (C=O) groups is 1. The second-order valence-electron chi connectivity index (χ2n) is 4.06. The van der Waals surface area contributed by atoms with Crippen molar-refractivity contribution in [3.63, 3.8) is 0 Å². The average molecular weight is 314 g/mol. The van der Waals surface area contributed by atoms with Crippen LogP contribution in [0.3, 0.4) is 0 Å². The molecule has 0 spiro atoms. The molecule has 0 aliphatic carbocycles. The SMILES string of the molecule is Nc1ccc(F)cc1C(=O)OCc1ccc(Cl)c(Cl)c1. The summed E-state index contributed by atoms with van der Waals surface area (Å²) in [5.41, 5.74) is 6.42. The van der Waals surface area contributed by atoms with Crippen molar-refractivity contribution in [3.05, 3.63) is 63.4 Å². The van der Waals surface area contributed by atoms with Crippen LogP contribution in [0.15, 0.2) is 36.4 Å². The van der Waals surface area contributed by atoms with Crippen LogP contribution in [0.25, 0.3) is 0 Å². The lowest BCUT2D eigenvalue weighted by atomic mass is 10.2. The zero-order valence-corrected chi connectivity index (χ0v) is 11.7. The predicted molar refractivity (Wildman–Crippen MR) is 76.4 cm³/mol. The van der Waals surface area contributed by atoms with Crippen LogP contribution in [-0.4, -0.2) is 5.97 Å². The van der Waals surface area contributed by atoms with Crippen molar-refractivity contribution in [2.45, 2.75) is 6.61 Å². The summed E-state index contributed by atoms with van der Waals surface area (Å²) in [6.07, 6.45) is 0. The van der Waals surface area contributed by atoms with E-state index in [1.165, 1.54) is 12.1 Å². The normalized spacial score (nSPS) is 10.3. The molecule has 0 atom stereocenters. The van der Waals surface area contributed by atoms with E-state index in [1.807, 2.05) is 0 Å². The van der Waals surface area contributed by atoms with E-state index >= 15 is 0 Å². The molecule has 0 aliphatic rings. The van der Waals surface area contributed by atoms with Gasteiger partial charge in [-0.15, -0.1) is 0 Å². The van der Waals surface area contributed by atoms with Gasteiger partial charge in [0.15, 0.2) is 0 Å². The monoisotopic (exact) mass is 313 g/mol. The van der Waals surface area contributed by atoms with Gasteiger partial charge >= 0.3 is 5.97 Å². The fourth-order valence-electron chi connectivity index (χ4n) is 1.56. The van der Waals surface area contributed by atoms with Crippen molar-refractivity contribution in [2.24, 2.45) is 0 Å². The van der Waals surface area contributed by atoms with E-state index in [2.05, 4.69) is 0 Å². The summed E-state index contributed by atoms with van der Waals surface area (Å²) in [6.45, 7) is -0.00826. The highest BCUT2D eigenvalue weighted by Crippen LogP contribution is 2.23. The highest BCUT2D eigenvalue weighted by atomic mass is 35.5. The standard InChI is InChI=1S/C14H10Cl2FNO2/c15-11-3-1-8(5-12(11)16)7-20-14(19)10-6-9(17)2-4-13(10)18/h1-6H,7,18H2. The van der Waals surface area contributed by atoms with Crippen LogP contribution in [0, 0.1) is 5.82 Å². The average Bonchev–Trinajstić information content (AvgIpc) is 2.42. The lowest BCUT2D eigenvalue weighted by Gasteiger charge is -2.08. The number of hydrogen-bond donors (Lipinski definition) is 1. The number of nitrogens with two attached hydrogens (primary N) is 1. The molecular weight excluding hydrogens is 304 g/mol. The highest BCUT2D eigenvalue weighted by Gasteiger charge is 2.12. The first-order chi connectivity index (χ1) is 9.47. The summed E-state index contributed by atoms with van der Waals surface area (Å²) >= 11 is 11.6. The molecule has 0 unspecified atom stereocenters. The molecule has 20 heavy (non-hydrogen) atoms. The number of benzene rings is 2. The van der Waals surface area contributed by atoms with Crippen molar-refractivity contribution in [1.82, 2.24) is 0 Å².